The average Bonchev–Trinajstić information content (AvgIpc) is 2.34. The number of aromatic nitrogens is 1. The molecule has 1 fully saturated rings. The summed E-state index contributed by atoms with van der Waals surface area (Å²) >= 11 is 0. The zero-order chi connectivity index (χ0) is 11.9. The number of carbonyl (C=O) groups excluding carboxylic acids is 1. The Hall–Kier alpha value is -2.21. The van der Waals surface area contributed by atoms with Gasteiger partial charge in [0.05, 0.1) is 17.0 Å². The van der Waals surface area contributed by atoms with Crippen LogP contribution in [0.4, 0.5) is 0 Å². The van der Waals surface area contributed by atoms with Crippen LogP contribution in [0.2, 0.25) is 0 Å². The molecule has 0 unspecified atom stereocenters. The fourth-order valence-electron chi connectivity index (χ4n) is 2.33. The molecule has 0 spiro atoms. The minimum atomic E-state index is -0.608. The molecular formula is C14H10N2O. The van der Waals surface area contributed by atoms with E-state index in [-0.39, 0.29) is 5.78 Å². The summed E-state index contributed by atoms with van der Waals surface area (Å²) in [6.45, 7) is 0. The van der Waals surface area contributed by atoms with Crippen molar-refractivity contribution in [3.63, 3.8) is 0 Å². The van der Waals surface area contributed by atoms with Crippen LogP contribution in [0.25, 0.3) is 10.9 Å². The van der Waals surface area contributed by atoms with Gasteiger partial charge in [0.25, 0.3) is 0 Å². The highest BCUT2D eigenvalue weighted by Crippen LogP contribution is 2.41. The second-order valence-corrected chi connectivity index (χ2v) is 4.50. The van der Waals surface area contributed by atoms with Crippen LogP contribution in [0.3, 0.4) is 0 Å². The van der Waals surface area contributed by atoms with Crippen LogP contribution >= 0.6 is 0 Å². The van der Waals surface area contributed by atoms with Gasteiger partial charge in [0.1, 0.15) is 5.78 Å². The molecule has 0 bridgehead atoms. The van der Waals surface area contributed by atoms with Gasteiger partial charge >= 0.3 is 0 Å². The van der Waals surface area contributed by atoms with Crippen molar-refractivity contribution in [2.75, 3.05) is 0 Å². The van der Waals surface area contributed by atoms with E-state index in [1.165, 1.54) is 0 Å². The second-order valence-electron chi connectivity index (χ2n) is 4.50. The fraction of sp³-hybridized carbons (Fsp3) is 0.214. The lowest BCUT2D eigenvalue weighted by molar-refractivity contribution is -0.126. The molecule has 3 rings (SSSR count). The monoisotopic (exact) mass is 222 g/mol. The predicted octanol–water partition coefficient (Wildman–Crippen LogP) is 2.36. The van der Waals surface area contributed by atoms with Crippen molar-refractivity contribution in [3.05, 3.63) is 42.1 Å². The number of nitriles is 1. The molecule has 3 nitrogen and oxygen atoms in total. The van der Waals surface area contributed by atoms with Crippen molar-refractivity contribution >= 4 is 16.7 Å². The third-order valence-electron chi connectivity index (χ3n) is 3.37. The normalized spacial score (nSPS) is 17.5. The van der Waals surface area contributed by atoms with Crippen LogP contribution in [-0.4, -0.2) is 10.8 Å². The Morgan fingerprint density at radius 3 is 2.82 bits per heavy atom. The summed E-state index contributed by atoms with van der Waals surface area (Å²) in [5.74, 6) is 0.160. The Balaban J connectivity index is 2.13. The third-order valence-corrected chi connectivity index (χ3v) is 3.37. The van der Waals surface area contributed by atoms with Crippen LogP contribution in [0, 0.1) is 11.3 Å². The average molecular weight is 222 g/mol. The Labute approximate surface area is 98.7 Å². The highest BCUT2D eigenvalue weighted by atomic mass is 16.1. The quantitative estimate of drug-likeness (QED) is 0.744. The molecule has 1 aliphatic rings. The SMILES string of the molecule is N#CC1(c2ccc3cccnc3c2)CC(=O)C1. The molecule has 1 aliphatic carbocycles. The van der Waals surface area contributed by atoms with Crippen LogP contribution in [-0.2, 0) is 10.2 Å². The van der Waals surface area contributed by atoms with E-state index < -0.39 is 5.41 Å². The van der Waals surface area contributed by atoms with E-state index in [0.29, 0.717) is 12.8 Å². The zero-order valence-corrected chi connectivity index (χ0v) is 9.18. The number of hydrogen-bond donors (Lipinski definition) is 0. The number of hydrogen-bond acceptors (Lipinski definition) is 3. The maximum Gasteiger partial charge on any atom is 0.136 e. The summed E-state index contributed by atoms with van der Waals surface area (Å²) in [7, 11) is 0. The lowest BCUT2D eigenvalue weighted by Crippen LogP contribution is -2.40. The largest absolute Gasteiger partial charge is 0.300 e. The summed E-state index contributed by atoms with van der Waals surface area (Å²) in [5, 5.41) is 10.3. The fourth-order valence-corrected chi connectivity index (χ4v) is 2.33. The van der Waals surface area contributed by atoms with Crippen molar-refractivity contribution in [2.24, 2.45) is 0 Å². The van der Waals surface area contributed by atoms with E-state index in [0.717, 1.165) is 16.5 Å². The van der Waals surface area contributed by atoms with Crippen LogP contribution in [0.5, 0.6) is 0 Å². The number of pyridine rings is 1. The van der Waals surface area contributed by atoms with E-state index in [1.807, 2.05) is 30.3 Å². The summed E-state index contributed by atoms with van der Waals surface area (Å²) < 4.78 is 0. The van der Waals surface area contributed by atoms with Crippen LogP contribution < -0.4 is 0 Å². The van der Waals surface area contributed by atoms with Gasteiger partial charge in [-0.2, -0.15) is 5.26 Å². The van der Waals surface area contributed by atoms with Crippen molar-refractivity contribution < 1.29 is 4.79 Å². The van der Waals surface area contributed by atoms with E-state index in [1.54, 1.807) is 6.20 Å². The van der Waals surface area contributed by atoms with Crippen LogP contribution in [0.1, 0.15) is 18.4 Å². The summed E-state index contributed by atoms with van der Waals surface area (Å²) in [6, 6.07) is 12.0. The number of benzene rings is 1. The Morgan fingerprint density at radius 1 is 1.29 bits per heavy atom. The first-order chi connectivity index (χ1) is 8.23. The molecule has 2 aromatic rings. The maximum atomic E-state index is 11.1. The molecule has 0 radical (unpaired) electrons. The lowest BCUT2D eigenvalue weighted by Gasteiger charge is -2.34. The predicted molar refractivity (Wildman–Crippen MR) is 63.3 cm³/mol. The molecule has 1 aromatic carbocycles. The molecule has 1 saturated carbocycles. The van der Waals surface area contributed by atoms with Crippen molar-refractivity contribution in [1.82, 2.24) is 4.98 Å². The molecule has 0 amide bonds. The van der Waals surface area contributed by atoms with Crippen molar-refractivity contribution in [1.29, 1.82) is 5.26 Å². The highest BCUT2D eigenvalue weighted by molar-refractivity contribution is 5.91. The smallest absolute Gasteiger partial charge is 0.136 e. The van der Waals surface area contributed by atoms with Crippen LogP contribution in [0.15, 0.2) is 36.5 Å². The molecule has 0 aliphatic heterocycles. The summed E-state index contributed by atoms with van der Waals surface area (Å²) in [6.07, 6.45) is 2.40. The summed E-state index contributed by atoms with van der Waals surface area (Å²) in [4.78, 5) is 15.4. The highest BCUT2D eigenvalue weighted by Gasteiger charge is 2.45. The molecule has 3 heteroatoms. The van der Waals surface area contributed by atoms with Gasteiger partial charge < -0.3 is 0 Å². The van der Waals surface area contributed by atoms with Gasteiger partial charge in [-0.05, 0) is 17.7 Å². The first-order valence-electron chi connectivity index (χ1n) is 5.52. The molecule has 0 saturated heterocycles. The number of carbonyl (C=O) groups is 1. The van der Waals surface area contributed by atoms with Gasteiger partial charge in [-0.3, -0.25) is 9.78 Å². The molecule has 0 N–H and O–H groups in total. The number of ketones is 1. The van der Waals surface area contributed by atoms with Gasteiger partial charge in [-0.1, -0.05) is 18.2 Å². The summed E-state index contributed by atoms with van der Waals surface area (Å²) in [5.41, 5.74) is 1.17. The molecule has 17 heavy (non-hydrogen) atoms. The minimum absolute atomic E-state index is 0.160. The van der Waals surface area contributed by atoms with E-state index in [2.05, 4.69) is 11.1 Å². The number of Topliss-reactive ketones (excluding diaryl/α,β-unsaturated/α-hetero) is 1. The Kier molecular flexibility index (Phi) is 1.99. The molecule has 0 atom stereocenters. The zero-order valence-electron chi connectivity index (χ0n) is 9.18. The van der Waals surface area contributed by atoms with Gasteiger partial charge in [-0.15, -0.1) is 0 Å². The Bertz CT molecular complexity index is 647. The third kappa shape index (κ3) is 1.42. The van der Waals surface area contributed by atoms with Crippen molar-refractivity contribution in [2.45, 2.75) is 18.3 Å². The molecule has 82 valence electrons. The molecule has 1 aromatic heterocycles. The topological polar surface area (TPSA) is 53.8 Å². The maximum absolute atomic E-state index is 11.1. The first kappa shape index (κ1) is 9.98. The number of fused-ring (bicyclic) bond motifs is 1. The van der Waals surface area contributed by atoms with Gasteiger partial charge in [0, 0.05) is 24.4 Å². The number of rotatable bonds is 1. The molecular weight excluding hydrogens is 212 g/mol. The molecule has 1 heterocycles. The Morgan fingerprint density at radius 2 is 2.12 bits per heavy atom. The minimum Gasteiger partial charge on any atom is -0.300 e. The van der Waals surface area contributed by atoms with E-state index in [9.17, 15) is 10.1 Å². The van der Waals surface area contributed by atoms with Gasteiger partial charge in [0.2, 0.25) is 0 Å². The number of nitrogens with zero attached hydrogens (tertiary/aromatic N) is 2. The van der Waals surface area contributed by atoms with E-state index in [4.69, 9.17) is 0 Å². The standard InChI is InChI=1S/C14H10N2O/c15-9-14(7-12(17)8-14)11-4-3-10-2-1-5-16-13(10)6-11/h1-6H,7-8H2. The van der Waals surface area contributed by atoms with Gasteiger partial charge in [-0.25, -0.2) is 0 Å². The van der Waals surface area contributed by atoms with E-state index >= 15 is 0 Å². The first-order valence-corrected chi connectivity index (χ1v) is 5.52. The lowest BCUT2D eigenvalue weighted by atomic mass is 9.64. The second kappa shape index (κ2) is 3.39. The van der Waals surface area contributed by atoms with Gasteiger partial charge in [0.15, 0.2) is 0 Å². The van der Waals surface area contributed by atoms with Crippen molar-refractivity contribution in [3.8, 4) is 6.07 Å².